The number of hydrogen-bond acceptors (Lipinski definition) is 11. The van der Waals surface area contributed by atoms with Gasteiger partial charge in [0.25, 0.3) is 0 Å². The Balaban J connectivity index is 1.37. The van der Waals surface area contributed by atoms with E-state index in [1.54, 1.807) is 47.4 Å². The second-order valence-corrected chi connectivity index (χ2v) is 16.9. The molecule has 0 radical (unpaired) electrons. The lowest BCUT2D eigenvalue weighted by molar-refractivity contribution is -0.256. The van der Waals surface area contributed by atoms with Crippen LogP contribution in [0.1, 0.15) is 84.8 Å². The molecule has 0 saturated heterocycles. The number of aliphatic hydroxyl groups excluding tert-OH is 2. The van der Waals surface area contributed by atoms with Gasteiger partial charge in [0.15, 0.2) is 0 Å². The SMILES string of the molecule is C=CCO[C@@]12Oc3ccc(Oc4cccc(C=O)c4)cc3[C@H]3[C@H](CCCCO)[C@@H](CCCCO)C=C(C(=NOCC)C[C@@H]1N(Cc1ccc(F)cc1)C(=O)OCCOCc1ccccc1)[C@H]32. The summed E-state index contributed by atoms with van der Waals surface area (Å²) in [4.78, 5) is 34.0. The summed E-state index contributed by atoms with van der Waals surface area (Å²) in [5, 5.41) is 24.7. The number of ether oxygens (including phenoxy) is 5. The molecule has 2 aliphatic carbocycles. The highest BCUT2D eigenvalue weighted by Gasteiger charge is 2.65. The summed E-state index contributed by atoms with van der Waals surface area (Å²) in [6.07, 6.45) is 8.50. The van der Waals surface area contributed by atoms with Crippen LogP contribution in [0.15, 0.2) is 127 Å². The molecule has 66 heavy (non-hydrogen) atoms. The van der Waals surface area contributed by atoms with E-state index < -0.39 is 29.7 Å². The number of carbonyl (C=O) groups is 2. The summed E-state index contributed by atoms with van der Waals surface area (Å²) in [5.41, 5.74) is 4.49. The van der Waals surface area contributed by atoms with Crippen molar-refractivity contribution in [3.63, 3.8) is 0 Å². The average molecular weight is 905 g/mol. The lowest BCUT2D eigenvalue weighted by Gasteiger charge is -2.59. The Labute approximate surface area is 386 Å². The van der Waals surface area contributed by atoms with E-state index in [1.807, 2.05) is 55.5 Å². The van der Waals surface area contributed by atoms with Gasteiger partial charge in [0, 0.05) is 43.2 Å². The van der Waals surface area contributed by atoms with Crippen molar-refractivity contribution in [3.8, 4) is 17.2 Å². The van der Waals surface area contributed by atoms with Gasteiger partial charge in [-0.1, -0.05) is 84.7 Å². The van der Waals surface area contributed by atoms with Gasteiger partial charge in [-0.05, 0) is 104 Å². The van der Waals surface area contributed by atoms with Gasteiger partial charge in [-0.2, -0.15) is 0 Å². The number of aldehydes is 1. The summed E-state index contributed by atoms with van der Waals surface area (Å²) >= 11 is 0. The first-order valence-corrected chi connectivity index (χ1v) is 23.0. The zero-order valence-electron chi connectivity index (χ0n) is 37.6. The van der Waals surface area contributed by atoms with E-state index in [0.717, 1.165) is 48.7 Å². The number of aliphatic hydroxyl groups is 2. The first-order valence-electron chi connectivity index (χ1n) is 23.0. The van der Waals surface area contributed by atoms with E-state index in [2.05, 4.69) is 12.7 Å². The quantitative estimate of drug-likeness (QED) is 0.0302. The number of unbranched alkanes of at least 4 members (excludes halogenated alkanes) is 2. The Morgan fingerprint density at radius 2 is 1.70 bits per heavy atom. The number of benzene rings is 4. The molecule has 6 atom stereocenters. The van der Waals surface area contributed by atoms with Crippen molar-refractivity contribution in [1.29, 1.82) is 0 Å². The van der Waals surface area contributed by atoms with Gasteiger partial charge in [-0.25, -0.2) is 9.18 Å². The van der Waals surface area contributed by atoms with Crippen molar-refractivity contribution in [3.05, 3.63) is 149 Å². The van der Waals surface area contributed by atoms with Crippen LogP contribution >= 0.6 is 0 Å². The number of amides is 1. The molecular formula is C53H61FN2O10. The van der Waals surface area contributed by atoms with Crippen molar-refractivity contribution in [2.24, 2.45) is 22.9 Å². The molecule has 12 nitrogen and oxygen atoms in total. The molecule has 1 aliphatic heterocycles. The Morgan fingerprint density at radius 1 is 0.924 bits per heavy atom. The second-order valence-electron chi connectivity index (χ2n) is 16.9. The smallest absolute Gasteiger partial charge is 0.410 e. The molecule has 2 N–H and O–H groups in total. The normalized spacial score (nSPS) is 22.3. The Morgan fingerprint density at radius 3 is 2.44 bits per heavy atom. The van der Waals surface area contributed by atoms with Gasteiger partial charge in [0.1, 0.15) is 48.6 Å². The summed E-state index contributed by atoms with van der Waals surface area (Å²) in [7, 11) is 0. The Kier molecular flexibility index (Phi) is 17.2. The predicted molar refractivity (Wildman–Crippen MR) is 248 cm³/mol. The fourth-order valence-corrected chi connectivity index (χ4v) is 9.77. The number of oxime groups is 1. The molecule has 0 bridgehead atoms. The molecule has 1 fully saturated rings. The standard InChI is InChI=1S/C53H61FN2O10/c1-3-27-63-53-49(56(34-37-19-21-41(54)22-20-37)52(60)62-29-28-61-36-38-13-6-5-7-14-38)33-47(55-64-4-2)45-31-40(16-8-10-25-57)44(18-9-11-26-58)50(51(45)53)46-32-43(23-24-48(46)66-53)65-42-17-12-15-39(30-42)35-59/h3,5-7,12-15,17,19-24,30-32,35,40,44,49-51,57-58H,1,4,8-11,16,18,25-29,33-34,36H2,2H3/t40-,44+,49-,50+,51+,53+/m0/s1. The van der Waals surface area contributed by atoms with Crippen LogP contribution in [0.3, 0.4) is 0 Å². The highest BCUT2D eigenvalue weighted by atomic mass is 19.1. The summed E-state index contributed by atoms with van der Waals surface area (Å²) in [6.45, 7) is 6.82. The molecule has 1 amide bonds. The molecule has 0 spiro atoms. The van der Waals surface area contributed by atoms with E-state index in [4.69, 9.17) is 33.7 Å². The maximum atomic E-state index is 14.8. The van der Waals surface area contributed by atoms with Crippen LogP contribution in [0.5, 0.6) is 17.2 Å². The molecule has 4 aromatic carbocycles. The summed E-state index contributed by atoms with van der Waals surface area (Å²) < 4.78 is 47.1. The van der Waals surface area contributed by atoms with E-state index in [0.29, 0.717) is 60.1 Å². The van der Waals surface area contributed by atoms with Crippen LogP contribution < -0.4 is 9.47 Å². The van der Waals surface area contributed by atoms with Gasteiger partial charge in [-0.15, -0.1) is 6.58 Å². The molecule has 3 aliphatic rings. The average Bonchev–Trinajstić information content (AvgIpc) is 3.34. The highest BCUT2D eigenvalue weighted by Crippen LogP contribution is 2.62. The van der Waals surface area contributed by atoms with Crippen LogP contribution in [0.25, 0.3) is 0 Å². The van der Waals surface area contributed by atoms with E-state index in [-0.39, 0.29) is 63.8 Å². The first-order chi connectivity index (χ1) is 32.3. The molecule has 1 heterocycles. The zero-order valence-corrected chi connectivity index (χ0v) is 37.6. The minimum atomic E-state index is -1.56. The van der Waals surface area contributed by atoms with E-state index in [9.17, 15) is 24.2 Å². The first kappa shape index (κ1) is 48.1. The molecular weight excluding hydrogens is 844 g/mol. The largest absolute Gasteiger partial charge is 0.459 e. The molecule has 4 aromatic rings. The zero-order chi connectivity index (χ0) is 46.3. The van der Waals surface area contributed by atoms with Crippen LogP contribution in [-0.4, -0.2) is 84.7 Å². The van der Waals surface area contributed by atoms with Gasteiger partial charge < -0.3 is 38.7 Å². The van der Waals surface area contributed by atoms with Crippen LogP contribution in [0.4, 0.5) is 9.18 Å². The van der Waals surface area contributed by atoms with Crippen LogP contribution in [0.2, 0.25) is 0 Å². The van der Waals surface area contributed by atoms with Crippen molar-refractivity contribution in [1.82, 2.24) is 4.90 Å². The Bertz CT molecular complexity index is 2290. The van der Waals surface area contributed by atoms with E-state index >= 15 is 0 Å². The minimum Gasteiger partial charge on any atom is -0.459 e. The Hall–Kier alpha value is -5.86. The van der Waals surface area contributed by atoms with Crippen molar-refractivity contribution < 1.29 is 52.7 Å². The number of carbonyl (C=O) groups excluding carboxylic acids is 2. The van der Waals surface area contributed by atoms with Crippen molar-refractivity contribution in [2.75, 3.05) is 39.6 Å². The summed E-state index contributed by atoms with van der Waals surface area (Å²) in [6, 6.07) is 27.4. The second kappa shape index (κ2) is 23.5. The van der Waals surface area contributed by atoms with Gasteiger partial charge in [-0.3, -0.25) is 9.69 Å². The van der Waals surface area contributed by atoms with Crippen molar-refractivity contribution in [2.45, 2.75) is 82.8 Å². The maximum absolute atomic E-state index is 14.8. The monoisotopic (exact) mass is 904 g/mol. The number of allylic oxidation sites excluding steroid dienone is 1. The topological polar surface area (TPSA) is 146 Å². The molecule has 0 unspecified atom stereocenters. The molecule has 7 rings (SSSR count). The number of hydrogen-bond donors (Lipinski definition) is 2. The molecule has 0 aromatic heterocycles. The number of nitrogens with zero attached hydrogens (tertiary/aromatic N) is 2. The third-order valence-electron chi connectivity index (χ3n) is 12.6. The fourth-order valence-electron chi connectivity index (χ4n) is 9.77. The number of halogens is 1. The van der Waals surface area contributed by atoms with E-state index in [1.165, 1.54) is 12.1 Å². The summed E-state index contributed by atoms with van der Waals surface area (Å²) in [5.74, 6) is -1.31. The third-order valence-corrected chi connectivity index (χ3v) is 12.6. The van der Waals surface area contributed by atoms with Gasteiger partial charge >= 0.3 is 6.09 Å². The maximum Gasteiger partial charge on any atom is 0.410 e. The van der Waals surface area contributed by atoms with Crippen LogP contribution in [-0.2, 0) is 32.2 Å². The number of fused-ring (bicyclic) bond motifs is 2. The number of rotatable bonds is 24. The predicted octanol–water partition coefficient (Wildman–Crippen LogP) is 9.94. The van der Waals surface area contributed by atoms with Crippen LogP contribution in [0, 0.1) is 23.6 Å². The fraction of sp³-hybridized carbons (Fsp3) is 0.415. The molecule has 13 heteroatoms. The third kappa shape index (κ3) is 11.4. The van der Waals surface area contributed by atoms with Gasteiger partial charge in [0.2, 0.25) is 5.79 Å². The lowest BCUT2D eigenvalue weighted by atomic mass is 9.55. The lowest BCUT2D eigenvalue weighted by Crippen LogP contribution is -2.70. The highest BCUT2D eigenvalue weighted by molar-refractivity contribution is 6.03. The van der Waals surface area contributed by atoms with Crippen molar-refractivity contribution >= 4 is 18.1 Å². The molecule has 1 saturated carbocycles. The molecule has 350 valence electrons. The minimum absolute atomic E-state index is 0.0127. The van der Waals surface area contributed by atoms with Gasteiger partial charge in [0.05, 0.1) is 31.5 Å².